The van der Waals surface area contributed by atoms with Gasteiger partial charge in [0.1, 0.15) is 0 Å². The minimum absolute atomic E-state index is 0.201. The Hall–Kier alpha value is -1.56. The second kappa shape index (κ2) is 5.44. The molecule has 0 unspecified atom stereocenters. The summed E-state index contributed by atoms with van der Waals surface area (Å²) in [6, 6.07) is 2.01. The molecule has 0 aliphatic rings. The molecule has 0 fully saturated rings. The number of hydrogen-bond acceptors (Lipinski definition) is 1. The van der Waals surface area contributed by atoms with Crippen LogP contribution >= 0.6 is 0 Å². The Morgan fingerprint density at radius 2 is 1.90 bits per heavy atom. The topological polar surface area (TPSA) is 27.8 Å². The molecule has 2 rings (SSSR count). The average molecular weight is 288 g/mol. The molecule has 1 aromatic heterocycles. The van der Waals surface area contributed by atoms with Gasteiger partial charge in [0, 0.05) is 36.1 Å². The molecule has 0 saturated carbocycles. The average Bonchev–Trinajstić information content (AvgIpc) is 2.69. The summed E-state index contributed by atoms with van der Waals surface area (Å²) in [5.41, 5.74) is 1.25. The van der Waals surface area contributed by atoms with E-state index < -0.39 is 24.1 Å². The summed E-state index contributed by atoms with van der Waals surface area (Å²) in [6.45, 7) is 2.19. The number of halogens is 4. The molecule has 2 N–H and O–H groups in total. The highest BCUT2D eigenvalue weighted by molar-refractivity contribution is 5.83. The quantitative estimate of drug-likeness (QED) is 0.808. The van der Waals surface area contributed by atoms with Crippen LogP contribution in [0.25, 0.3) is 10.9 Å². The zero-order valence-corrected chi connectivity index (χ0v) is 11.2. The van der Waals surface area contributed by atoms with Gasteiger partial charge >= 0.3 is 0 Å². The van der Waals surface area contributed by atoms with Crippen LogP contribution in [0, 0.1) is 11.6 Å². The predicted molar refractivity (Wildman–Crippen MR) is 70.0 cm³/mol. The van der Waals surface area contributed by atoms with Crippen LogP contribution in [0.5, 0.6) is 0 Å². The second-order valence-corrected chi connectivity index (χ2v) is 5.18. The molecular formula is C14H16F4N2. The fraction of sp³-hybridized carbons (Fsp3) is 0.429. The summed E-state index contributed by atoms with van der Waals surface area (Å²) in [5, 5.41) is 3.29. The molecule has 0 radical (unpaired) electrons. The first-order valence-corrected chi connectivity index (χ1v) is 6.32. The summed E-state index contributed by atoms with van der Waals surface area (Å²) in [4.78, 5) is 2.85. The van der Waals surface area contributed by atoms with Gasteiger partial charge in [-0.15, -0.1) is 0 Å². The van der Waals surface area contributed by atoms with Crippen LogP contribution in [-0.2, 0) is 6.42 Å². The van der Waals surface area contributed by atoms with Gasteiger partial charge < -0.3 is 10.3 Å². The van der Waals surface area contributed by atoms with E-state index >= 15 is 0 Å². The minimum Gasteiger partial charge on any atom is -0.361 e. The minimum atomic E-state index is -2.77. The molecule has 2 aromatic rings. The summed E-state index contributed by atoms with van der Waals surface area (Å²) in [6.07, 6.45) is 2.09. The molecule has 0 bridgehead atoms. The van der Waals surface area contributed by atoms with Crippen LogP contribution in [0.15, 0.2) is 18.3 Å². The maximum atomic E-state index is 13.2. The number of aromatic amines is 1. The lowest BCUT2D eigenvalue weighted by Crippen LogP contribution is -2.37. The molecule has 0 aliphatic heterocycles. The van der Waals surface area contributed by atoms with Crippen LogP contribution in [0.4, 0.5) is 17.6 Å². The Kier molecular flexibility index (Phi) is 4.04. The van der Waals surface area contributed by atoms with Gasteiger partial charge in [0.05, 0.1) is 6.54 Å². The third kappa shape index (κ3) is 3.50. The SMILES string of the molecule is C[C@H](Cc1c[nH]c2cc(F)c(F)cc12)NCC(C)(F)F. The van der Waals surface area contributed by atoms with Gasteiger partial charge in [-0.2, -0.15) is 0 Å². The van der Waals surface area contributed by atoms with Gasteiger partial charge in [-0.3, -0.25) is 0 Å². The third-order valence-electron chi connectivity index (χ3n) is 3.10. The van der Waals surface area contributed by atoms with Crippen LogP contribution in [0.2, 0.25) is 0 Å². The van der Waals surface area contributed by atoms with E-state index in [1.54, 1.807) is 13.1 Å². The second-order valence-electron chi connectivity index (χ2n) is 5.18. The van der Waals surface area contributed by atoms with E-state index in [0.717, 1.165) is 24.6 Å². The molecule has 0 saturated heterocycles. The summed E-state index contributed by atoms with van der Waals surface area (Å²) in [5.74, 6) is -4.61. The molecule has 110 valence electrons. The number of rotatable bonds is 5. The molecule has 0 aliphatic carbocycles. The van der Waals surface area contributed by atoms with Crippen molar-refractivity contribution in [3.05, 3.63) is 35.5 Å². The van der Waals surface area contributed by atoms with E-state index in [1.807, 2.05) is 0 Å². The predicted octanol–water partition coefficient (Wildman–Crippen LogP) is 3.62. The number of H-pyrrole nitrogens is 1. The van der Waals surface area contributed by atoms with Crippen molar-refractivity contribution in [3.63, 3.8) is 0 Å². The van der Waals surface area contributed by atoms with Gasteiger partial charge in [-0.1, -0.05) is 0 Å². The van der Waals surface area contributed by atoms with Crippen LogP contribution in [-0.4, -0.2) is 23.5 Å². The molecule has 1 atom stereocenters. The largest absolute Gasteiger partial charge is 0.361 e. The van der Waals surface area contributed by atoms with E-state index in [-0.39, 0.29) is 6.04 Å². The van der Waals surface area contributed by atoms with Crippen LogP contribution < -0.4 is 5.32 Å². The zero-order chi connectivity index (χ0) is 14.9. The first kappa shape index (κ1) is 14.8. The van der Waals surface area contributed by atoms with Crippen molar-refractivity contribution in [2.75, 3.05) is 6.54 Å². The fourth-order valence-corrected chi connectivity index (χ4v) is 2.10. The number of benzene rings is 1. The van der Waals surface area contributed by atoms with E-state index in [0.29, 0.717) is 17.3 Å². The smallest absolute Gasteiger partial charge is 0.257 e. The number of fused-ring (bicyclic) bond motifs is 1. The zero-order valence-electron chi connectivity index (χ0n) is 11.2. The summed E-state index contributed by atoms with van der Waals surface area (Å²) >= 11 is 0. The molecule has 0 amide bonds. The van der Waals surface area contributed by atoms with E-state index in [4.69, 9.17) is 0 Å². The first-order valence-electron chi connectivity index (χ1n) is 6.32. The molecule has 1 heterocycles. The Morgan fingerprint density at radius 3 is 2.55 bits per heavy atom. The third-order valence-corrected chi connectivity index (χ3v) is 3.10. The number of nitrogens with one attached hydrogen (secondary N) is 2. The Labute approximate surface area is 114 Å². The number of alkyl halides is 2. The lowest BCUT2D eigenvalue weighted by molar-refractivity contribution is 0.0204. The van der Waals surface area contributed by atoms with Crippen molar-refractivity contribution >= 4 is 10.9 Å². The monoisotopic (exact) mass is 288 g/mol. The van der Waals surface area contributed by atoms with Gasteiger partial charge in [0.25, 0.3) is 5.92 Å². The van der Waals surface area contributed by atoms with Crippen LogP contribution in [0.3, 0.4) is 0 Å². The van der Waals surface area contributed by atoms with Crippen molar-refractivity contribution in [1.82, 2.24) is 10.3 Å². The van der Waals surface area contributed by atoms with E-state index in [1.165, 1.54) is 0 Å². The molecule has 0 spiro atoms. The highest BCUT2D eigenvalue weighted by Crippen LogP contribution is 2.22. The van der Waals surface area contributed by atoms with Gasteiger partial charge in [0.15, 0.2) is 11.6 Å². The first-order chi connectivity index (χ1) is 9.26. The molecular weight excluding hydrogens is 272 g/mol. The van der Waals surface area contributed by atoms with Gasteiger partial charge in [-0.05, 0) is 25.0 Å². The van der Waals surface area contributed by atoms with Crippen molar-refractivity contribution in [1.29, 1.82) is 0 Å². The highest BCUT2D eigenvalue weighted by Gasteiger charge is 2.21. The van der Waals surface area contributed by atoms with Crippen molar-refractivity contribution in [2.45, 2.75) is 32.2 Å². The Morgan fingerprint density at radius 1 is 1.25 bits per heavy atom. The number of hydrogen-bond donors (Lipinski definition) is 2. The Bertz CT molecular complexity index is 601. The fourth-order valence-electron chi connectivity index (χ4n) is 2.10. The standard InChI is InChI=1S/C14H16F4N2/c1-8(20-7-14(2,17)18)3-9-6-19-13-5-12(16)11(15)4-10(9)13/h4-6,8,19-20H,3,7H2,1-2H3/t8-/m1/s1. The maximum Gasteiger partial charge on any atom is 0.257 e. The normalized spacial score (nSPS) is 13.9. The number of aromatic nitrogens is 1. The van der Waals surface area contributed by atoms with Gasteiger partial charge in [0.2, 0.25) is 0 Å². The molecule has 6 heteroatoms. The van der Waals surface area contributed by atoms with Crippen molar-refractivity contribution in [2.24, 2.45) is 0 Å². The molecule has 20 heavy (non-hydrogen) atoms. The molecule has 1 aromatic carbocycles. The van der Waals surface area contributed by atoms with E-state index in [9.17, 15) is 17.6 Å². The van der Waals surface area contributed by atoms with Crippen molar-refractivity contribution < 1.29 is 17.6 Å². The lowest BCUT2D eigenvalue weighted by Gasteiger charge is -2.17. The highest BCUT2D eigenvalue weighted by atomic mass is 19.3. The maximum absolute atomic E-state index is 13.2. The summed E-state index contributed by atoms with van der Waals surface area (Å²) in [7, 11) is 0. The van der Waals surface area contributed by atoms with Gasteiger partial charge in [-0.25, -0.2) is 17.6 Å². The van der Waals surface area contributed by atoms with Crippen LogP contribution in [0.1, 0.15) is 19.4 Å². The summed E-state index contributed by atoms with van der Waals surface area (Å²) < 4.78 is 51.8. The molecule has 2 nitrogen and oxygen atoms in total. The Balaban J connectivity index is 2.12. The van der Waals surface area contributed by atoms with Crippen molar-refractivity contribution in [3.8, 4) is 0 Å². The van der Waals surface area contributed by atoms with E-state index in [2.05, 4.69) is 10.3 Å². The lowest BCUT2D eigenvalue weighted by atomic mass is 10.1.